The molecule has 1 aliphatic carbocycles. The molecule has 1 heterocycles. The maximum atomic E-state index is 11.5. The van der Waals surface area contributed by atoms with Gasteiger partial charge in [0.25, 0.3) is 0 Å². The number of nitrogens with one attached hydrogen (secondary N) is 1. The molecular weight excluding hydrogens is 180 g/mol. The number of β-amino-alcohol motifs (C(OH)–C–C–N with tert-alkyl or cyclic N) is 1. The monoisotopic (exact) mass is 198 g/mol. The lowest BCUT2D eigenvalue weighted by molar-refractivity contribution is 0.0812. The molecule has 0 aromatic rings. The van der Waals surface area contributed by atoms with Crippen LogP contribution in [0.1, 0.15) is 25.7 Å². The maximum absolute atomic E-state index is 11.5. The van der Waals surface area contributed by atoms with Gasteiger partial charge in [0.05, 0.1) is 6.61 Å². The molecule has 0 spiro atoms. The summed E-state index contributed by atoms with van der Waals surface area (Å²) in [5.74, 6) is 0.605. The van der Waals surface area contributed by atoms with E-state index in [1.807, 2.05) is 4.90 Å². The molecule has 0 aromatic carbocycles. The van der Waals surface area contributed by atoms with E-state index in [-0.39, 0.29) is 12.6 Å². The van der Waals surface area contributed by atoms with Crippen LogP contribution >= 0.6 is 0 Å². The van der Waals surface area contributed by atoms with Crippen LogP contribution in [-0.2, 0) is 0 Å². The lowest BCUT2D eigenvalue weighted by Crippen LogP contribution is -2.58. The first-order chi connectivity index (χ1) is 6.83. The van der Waals surface area contributed by atoms with Crippen molar-refractivity contribution in [1.82, 2.24) is 10.2 Å². The molecule has 0 radical (unpaired) electrons. The van der Waals surface area contributed by atoms with Crippen molar-refractivity contribution in [2.24, 2.45) is 5.92 Å². The van der Waals surface area contributed by atoms with Crippen molar-refractivity contribution in [3.8, 4) is 0 Å². The quantitative estimate of drug-likeness (QED) is 0.681. The van der Waals surface area contributed by atoms with Gasteiger partial charge < -0.3 is 15.3 Å². The van der Waals surface area contributed by atoms with Crippen LogP contribution in [0.25, 0.3) is 0 Å². The Morgan fingerprint density at radius 2 is 2.21 bits per heavy atom. The van der Waals surface area contributed by atoms with Gasteiger partial charge in [-0.1, -0.05) is 12.8 Å². The first kappa shape index (κ1) is 9.77. The Morgan fingerprint density at radius 3 is 3.00 bits per heavy atom. The van der Waals surface area contributed by atoms with Gasteiger partial charge in [-0.2, -0.15) is 0 Å². The zero-order valence-corrected chi connectivity index (χ0v) is 8.41. The SMILES string of the molecule is O=C1NCC2CCCCC2N1CCO. The van der Waals surface area contributed by atoms with Gasteiger partial charge in [0.15, 0.2) is 0 Å². The molecule has 1 saturated carbocycles. The highest BCUT2D eigenvalue weighted by molar-refractivity contribution is 5.75. The lowest BCUT2D eigenvalue weighted by atomic mass is 9.82. The molecule has 2 amide bonds. The van der Waals surface area contributed by atoms with Gasteiger partial charge >= 0.3 is 6.03 Å². The summed E-state index contributed by atoms with van der Waals surface area (Å²) in [6.07, 6.45) is 4.82. The number of aliphatic hydroxyl groups is 1. The van der Waals surface area contributed by atoms with Gasteiger partial charge in [-0.05, 0) is 18.8 Å². The van der Waals surface area contributed by atoms with E-state index in [0.717, 1.165) is 13.0 Å². The molecule has 2 unspecified atom stereocenters. The molecule has 1 saturated heterocycles. The van der Waals surface area contributed by atoms with Gasteiger partial charge in [0.1, 0.15) is 0 Å². The lowest BCUT2D eigenvalue weighted by Gasteiger charge is -2.43. The highest BCUT2D eigenvalue weighted by Gasteiger charge is 2.36. The second kappa shape index (κ2) is 4.17. The number of fused-ring (bicyclic) bond motifs is 1. The van der Waals surface area contributed by atoms with Gasteiger partial charge in [-0.3, -0.25) is 0 Å². The topological polar surface area (TPSA) is 52.6 Å². The van der Waals surface area contributed by atoms with Crippen molar-refractivity contribution in [2.45, 2.75) is 31.7 Å². The number of hydrogen-bond donors (Lipinski definition) is 2. The molecule has 1 aliphatic heterocycles. The second-order valence-corrected chi connectivity index (χ2v) is 4.21. The van der Waals surface area contributed by atoms with Gasteiger partial charge in [0.2, 0.25) is 0 Å². The number of hydrogen-bond acceptors (Lipinski definition) is 2. The van der Waals surface area contributed by atoms with Crippen molar-refractivity contribution >= 4 is 6.03 Å². The Morgan fingerprint density at radius 1 is 1.43 bits per heavy atom. The number of amides is 2. The van der Waals surface area contributed by atoms with Crippen molar-refractivity contribution in [3.63, 3.8) is 0 Å². The molecule has 0 bridgehead atoms. The summed E-state index contributed by atoms with van der Waals surface area (Å²) in [6.45, 7) is 1.37. The van der Waals surface area contributed by atoms with Crippen LogP contribution < -0.4 is 5.32 Å². The normalized spacial score (nSPS) is 32.4. The number of carbonyl (C=O) groups excluding carboxylic acids is 1. The van der Waals surface area contributed by atoms with Crippen molar-refractivity contribution in [2.75, 3.05) is 19.7 Å². The standard InChI is InChI=1S/C10H18N2O2/c13-6-5-12-9-4-2-1-3-8(9)7-11-10(12)14/h8-9,13H,1-7H2,(H,11,14). The van der Waals surface area contributed by atoms with Crippen LogP contribution in [0, 0.1) is 5.92 Å². The van der Waals surface area contributed by atoms with E-state index in [0.29, 0.717) is 18.5 Å². The average Bonchev–Trinajstić information content (AvgIpc) is 2.23. The van der Waals surface area contributed by atoms with E-state index in [1.54, 1.807) is 0 Å². The van der Waals surface area contributed by atoms with E-state index in [1.165, 1.54) is 19.3 Å². The molecule has 2 aliphatic rings. The number of aliphatic hydroxyl groups excluding tert-OH is 1. The van der Waals surface area contributed by atoms with Crippen LogP contribution in [0.3, 0.4) is 0 Å². The van der Waals surface area contributed by atoms with Crippen LogP contribution in [0.5, 0.6) is 0 Å². The summed E-state index contributed by atoms with van der Waals surface area (Å²) in [4.78, 5) is 13.4. The highest BCUT2D eigenvalue weighted by Crippen LogP contribution is 2.30. The Kier molecular flexibility index (Phi) is 2.91. The number of nitrogens with zero attached hydrogens (tertiary/aromatic N) is 1. The van der Waals surface area contributed by atoms with Crippen LogP contribution in [-0.4, -0.2) is 41.8 Å². The van der Waals surface area contributed by atoms with Gasteiger partial charge in [-0.25, -0.2) is 4.79 Å². The van der Waals surface area contributed by atoms with Crippen molar-refractivity contribution < 1.29 is 9.90 Å². The fourth-order valence-corrected chi connectivity index (χ4v) is 2.68. The first-order valence-corrected chi connectivity index (χ1v) is 5.48. The molecule has 4 nitrogen and oxygen atoms in total. The number of rotatable bonds is 2. The predicted molar refractivity (Wildman–Crippen MR) is 52.9 cm³/mol. The van der Waals surface area contributed by atoms with Gasteiger partial charge in [-0.15, -0.1) is 0 Å². The molecule has 14 heavy (non-hydrogen) atoms. The summed E-state index contributed by atoms with van der Waals surface area (Å²) in [7, 11) is 0. The van der Waals surface area contributed by atoms with E-state index < -0.39 is 0 Å². The van der Waals surface area contributed by atoms with Crippen LogP contribution in [0.2, 0.25) is 0 Å². The largest absolute Gasteiger partial charge is 0.395 e. The Balaban J connectivity index is 2.05. The molecule has 80 valence electrons. The molecule has 2 rings (SSSR count). The zero-order valence-electron chi connectivity index (χ0n) is 8.41. The molecule has 0 aromatic heterocycles. The predicted octanol–water partition coefficient (Wildman–Crippen LogP) is 0.563. The Labute approximate surface area is 84.3 Å². The highest BCUT2D eigenvalue weighted by atomic mass is 16.3. The third-order valence-corrected chi connectivity index (χ3v) is 3.39. The fraction of sp³-hybridized carbons (Fsp3) is 0.900. The van der Waals surface area contributed by atoms with Crippen LogP contribution in [0.4, 0.5) is 4.79 Å². The van der Waals surface area contributed by atoms with Crippen molar-refractivity contribution in [3.05, 3.63) is 0 Å². The van der Waals surface area contributed by atoms with E-state index in [4.69, 9.17) is 5.11 Å². The summed E-state index contributed by atoms with van der Waals surface area (Å²) < 4.78 is 0. The summed E-state index contributed by atoms with van der Waals surface area (Å²) in [5.41, 5.74) is 0. The minimum Gasteiger partial charge on any atom is -0.395 e. The maximum Gasteiger partial charge on any atom is 0.317 e. The first-order valence-electron chi connectivity index (χ1n) is 5.48. The van der Waals surface area contributed by atoms with Crippen molar-refractivity contribution in [1.29, 1.82) is 0 Å². The Hall–Kier alpha value is -0.770. The summed E-state index contributed by atoms with van der Waals surface area (Å²) in [6, 6.07) is 0.381. The molecular formula is C10H18N2O2. The van der Waals surface area contributed by atoms with E-state index >= 15 is 0 Å². The average molecular weight is 198 g/mol. The third kappa shape index (κ3) is 1.71. The molecule has 4 heteroatoms. The zero-order chi connectivity index (χ0) is 9.97. The molecule has 2 N–H and O–H groups in total. The second-order valence-electron chi connectivity index (χ2n) is 4.21. The number of carbonyl (C=O) groups is 1. The Bertz CT molecular complexity index is 220. The van der Waals surface area contributed by atoms with Crippen LogP contribution in [0.15, 0.2) is 0 Å². The molecule has 2 fully saturated rings. The smallest absolute Gasteiger partial charge is 0.317 e. The molecule has 2 atom stereocenters. The number of urea groups is 1. The van der Waals surface area contributed by atoms with E-state index in [9.17, 15) is 4.79 Å². The minimum atomic E-state index is 0.00204. The van der Waals surface area contributed by atoms with Gasteiger partial charge in [0, 0.05) is 19.1 Å². The summed E-state index contributed by atoms with van der Waals surface area (Å²) >= 11 is 0. The minimum absolute atomic E-state index is 0.00204. The fourth-order valence-electron chi connectivity index (χ4n) is 2.68. The van der Waals surface area contributed by atoms with E-state index in [2.05, 4.69) is 5.32 Å². The summed E-state index contributed by atoms with van der Waals surface area (Å²) in [5, 5.41) is 11.8. The third-order valence-electron chi connectivity index (χ3n) is 3.39.